The van der Waals surface area contributed by atoms with Gasteiger partial charge in [-0.15, -0.1) is 0 Å². The zero-order chi connectivity index (χ0) is 14.7. The van der Waals surface area contributed by atoms with Crippen LogP contribution in [0.5, 0.6) is 0 Å². The highest BCUT2D eigenvalue weighted by Gasteiger charge is 2.23. The van der Waals surface area contributed by atoms with Crippen LogP contribution in [0.15, 0.2) is 47.1 Å². The van der Waals surface area contributed by atoms with Gasteiger partial charge in [0.2, 0.25) is 0 Å². The fraction of sp³-hybridized carbons (Fsp3) is 0.294. The van der Waals surface area contributed by atoms with Gasteiger partial charge in [-0.1, -0.05) is 12.1 Å². The predicted octanol–water partition coefficient (Wildman–Crippen LogP) is 3.32. The molecular formula is C17H16N2O2. The number of amides is 1. The molecule has 4 nitrogen and oxygen atoms in total. The van der Waals surface area contributed by atoms with E-state index in [1.165, 1.54) is 0 Å². The highest BCUT2D eigenvalue weighted by molar-refractivity contribution is 5.94. The lowest BCUT2D eigenvalue weighted by molar-refractivity contribution is 0.0707. The van der Waals surface area contributed by atoms with Crippen LogP contribution in [-0.4, -0.2) is 23.9 Å². The summed E-state index contributed by atoms with van der Waals surface area (Å²) in [6, 6.07) is 13.5. The number of rotatable bonds is 2. The first-order valence-electron chi connectivity index (χ1n) is 7.11. The standard InChI is InChI=1S/C17H16N2O2/c18-12-13-7-9-19(10-8-13)17(20)15-5-3-14(4-6-15)16-2-1-11-21-16/h1-6,11,13H,7-10H2. The molecule has 1 amide bonds. The molecular weight excluding hydrogens is 264 g/mol. The van der Waals surface area contributed by atoms with E-state index < -0.39 is 0 Å². The second-order valence-electron chi connectivity index (χ2n) is 5.25. The Morgan fingerprint density at radius 3 is 2.48 bits per heavy atom. The molecule has 2 aromatic rings. The number of hydrogen-bond donors (Lipinski definition) is 0. The summed E-state index contributed by atoms with van der Waals surface area (Å²) >= 11 is 0. The van der Waals surface area contributed by atoms with Gasteiger partial charge in [-0.25, -0.2) is 0 Å². The van der Waals surface area contributed by atoms with Crippen molar-refractivity contribution in [3.8, 4) is 17.4 Å². The van der Waals surface area contributed by atoms with Crippen LogP contribution in [0.25, 0.3) is 11.3 Å². The Morgan fingerprint density at radius 1 is 1.19 bits per heavy atom. The molecule has 0 spiro atoms. The van der Waals surface area contributed by atoms with Crippen LogP contribution in [0.1, 0.15) is 23.2 Å². The molecule has 3 rings (SSSR count). The molecule has 0 radical (unpaired) electrons. The summed E-state index contributed by atoms with van der Waals surface area (Å²) in [5.41, 5.74) is 1.64. The molecule has 0 bridgehead atoms. The van der Waals surface area contributed by atoms with E-state index in [0.717, 1.165) is 24.2 Å². The zero-order valence-corrected chi connectivity index (χ0v) is 11.7. The van der Waals surface area contributed by atoms with Gasteiger partial charge >= 0.3 is 0 Å². The molecule has 0 aliphatic carbocycles. The lowest BCUT2D eigenvalue weighted by Crippen LogP contribution is -2.38. The van der Waals surface area contributed by atoms with E-state index in [1.54, 1.807) is 6.26 Å². The van der Waals surface area contributed by atoms with Crippen molar-refractivity contribution >= 4 is 5.91 Å². The monoisotopic (exact) mass is 280 g/mol. The Morgan fingerprint density at radius 2 is 1.90 bits per heavy atom. The van der Waals surface area contributed by atoms with E-state index in [1.807, 2.05) is 41.3 Å². The van der Waals surface area contributed by atoms with E-state index in [9.17, 15) is 4.79 Å². The SMILES string of the molecule is N#CC1CCN(C(=O)c2ccc(-c3ccco3)cc2)CC1. The number of carbonyl (C=O) groups excluding carboxylic acids is 1. The number of hydrogen-bond acceptors (Lipinski definition) is 3. The third-order valence-corrected chi connectivity index (χ3v) is 3.90. The molecule has 1 aromatic heterocycles. The van der Waals surface area contributed by atoms with Crippen LogP contribution in [0.2, 0.25) is 0 Å². The summed E-state index contributed by atoms with van der Waals surface area (Å²) in [6.07, 6.45) is 3.17. The van der Waals surface area contributed by atoms with Gasteiger partial charge in [-0.2, -0.15) is 5.26 Å². The Balaban J connectivity index is 1.70. The predicted molar refractivity (Wildman–Crippen MR) is 78.4 cm³/mol. The van der Waals surface area contributed by atoms with E-state index >= 15 is 0 Å². The van der Waals surface area contributed by atoms with E-state index in [0.29, 0.717) is 18.7 Å². The van der Waals surface area contributed by atoms with Gasteiger partial charge in [0.25, 0.3) is 5.91 Å². The van der Waals surface area contributed by atoms with Crippen molar-refractivity contribution in [1.29, 1.82) is 5.26 Å². The van der Waals surface area contributed by atoms with Crippen LogP contribution < -0.4 is 0 Å². The maximum absolute atomic E-state index is 12.4. The van der Waals surface area contributed by atoms with Crippen molar-refractivity contribution < 1.29 is 9.21 Å². The first-order valence-corrected chi connectivity index (χ1v) is 7.11. The van der Waals surface area contributed by atoms with E-state index in [2.05, 4.69) is 6.07 Å². The average molecular weight is 280 g/mol. The minimum atomic E-state index is 0.0392. The van der Waals surface area contributed by atoms with Gasteiger partial charge in [0.15, 0.2) is 0 Å². The topological polar surface area (TPSA) is 57.2 Å². The fourth-order valence-electron chi connectivity index (χ4n) is 2.61. The summed E-state index contributed by atoms with van der Waals surface area (Å²) < 4.78 is 5.33. The van der Waals surface area contributed by atoms with Crippen molar-refractivity contribution in [3.63, 3.8) is 0 Å². The van der Waals surface area contributed by atoms with Crippen LogP contribution in [0.3, 0.4) is 0 Å². The van der Waals surface area contributed by atoms with Gasteiger partial charge in [0, 0.05) is 30.1 Å². The van der Waals surface area contributed by atoms with Gasteiger partial charge in [-0.05, 0) is 37.1 Å². The summed E-state index contributed by atoms with van der Waals surface area (Å²) in [5.74, 6) is 0.927. The Labute approximate surface area is 123 Å². The average Bonchev–Trinajstić information content (AvgIpc) is 3.09. The molecule has 4 heteroatoms. The second kappa shape index (κ2) is 5.84. The molecule has 1 fully saturated rings. The van der Waals surface area contributed by atoms with Crippen molar-refractivity contribution in [2.24, 2.45) is 5.92 Å². The third-order valence-electron chi connectivity index (χ3n) is 3.90. The van der Waals surface area contributed by atoms with Crippen molar-refractivity contribution in [1.82, 2.24) is 4.90 Å². The molecule has 0 atom stereocenters. The zero-order valence-electron chi connectivity index (χ0n) is 11.7. The molecule has 1 saturated heterocycles. The highest BCUT2D eigenvalue weighted by Crippen LogP contribution is 2.22. The molecule has 1 aromatic carbocycles. The molecule has 1 aliphatic rings. The first-order chi connectivity index (χ1) is 10.3. The van der Waals surface area contributed by atoms with Crippen molar-refractivity contribution in [2.45, 2.75) is 12.8 Å². The first kappa shape index (κ1) is 13.4. The number of benzene rings is 1. The third kappa shape index (κ3) is 2.82. The maximum Gasteiger partial charge on any atom is 0.253 e. The quantitative estimate of drug-likeness (QED) is 0.847. The second-order valence-corrected chi connectivity index (χ2v) is 5.25. The van der Waals surface area contributed by atoms with E-state index in [-0.39, 0.29) is 11.8 Å². The summed E-state index contributed by atoms with van der Waals surface area (Å²) in [4.78, 5) is 14.2. The van der Waals surface area contributed by atoms with Gasteiger partial charge in [0.1, 0.15) is 5.76 Å². The lowest BCUT2D eigenvalue weighted by Gasteiger charge is -2.29. The van der Waals surface area contributed by atoms with Gasteiger partial charge in [-0.3, -0.25) is 4.79 Å². The Bertz CT molecular complexity index is 645. The summed E-state index contributed by atoms with van der Waals surface area (Å²) in [6.45, 7) is 1.33. The molecule has 0 saturated carbocycles. The van der Waals surface area contributed by atoms with Crippen LogP contribution in [0.4, 0.5) is 0 Å². The highest BCUT2D eigenvalue weighted by atomic mass is 16.3. The minimum Gasteiger partial charge on any atom is -0.464 e. The van der Waals surface area contributed by atoms with Crippen molar-refractivity contribution in [2.75, 3.05) is 13.1 Å². The number of nitriles is 1. The molecule has 0 N–H and O–H groups in total. The fourth-order valence-corrected chi connectivity index (χ4v) is 2.61. The van der Waals surface area contributed by atoms with Crippen LogP contribution in [0, 0.1) is 17.2 Å². The van der Waals surface area contributed by atoms with Crippen LogP contribution in [-0.2, 0) is 0 Å². The normalized spacial score (nSPS) is 15.7. The van der Waals surface area contributed by atoms with Gasteiger partial charge < -0.3 is 9.32 Å². The number of likely N-dealkylation sites (tertiary alicyclic amines) is 1. The minimum absolute atomic E-state index is 0.0392. The van der Waals surface area contributed by atoms with Gasteiger partial charge in [0.05, 0.1) is 12.3 Å². The Kier molecular flexibility index (Phi) is 3.74. The lowest BCUT2D eigenvalue weighted by atomic mass is 9.98. The van der Waals surface area contributed by atoms with Crippen LogP contribution >= 0.6 is 0 Å². The van der Waals surface area contributed by atoms with Crippen molar-refractivity contribution in [3.05, 3.63) is 48.2 Å². The molecule has 21 heavy (non-hydrogen) atoms. The molecule has 0 unspecified atom stereocenters. The summed E-state index contributed by atoms with van der Waals surface area (Å²) in [7, 11) is 0. The molecule has 106 valence electrons. The molecule has 1 aliphatic heterocycles. The number of furan rings is 1. The smallest absolute Gasteiger partial charge is 0.253 e. The number of piperidine rings is 1. The maximum atomic E-state index is 12.4. The Hall–Kier alpha value is -2.54. The molecule has 2 heterocycles. The van der Waals surface area contributed by atoms with E-state index in [4.69, 9.17) is 9.68 Å². The largest absolute Gasteiger partial charge is 0.464 e. The number of carbonyl (C=O) groups is 1. The number of nitrogens with zero attached hydrogens (tertiary/aromatic N) is 2. The summed E-state index contributed by atoms with van der Waals surface area (Å²) in [5, 5.41) is 8.89.